The molecule has 0 saturated carbocycles. The maximum absolute atomic E-state index is 11.0. The molecule has 1 N–H and O–H groups in total. The second-order valence-electron chi connectivity index (χ2n) is 2.43. The van der Waals surface area contributed by atoms with Gasteiger partial charge in [0.2, 0.25) is 0 Å². The number of hydrogen-bond acceptors (Lipinski definition) is 4. The molecule has 0 radical (unpaired) electrons. The second kappa shape index (κ2) is 3.90. The van der Waals surface area contributed by atoms with Gasteiger partial charge in [-0.2, -0.15) is 0 Å². The van der Waals surface area contributed by atoms with Gasteiger partial charge in [0.05, 0.1) is 24.5 Å². The van der Waals surface area contributed by atoms with Crippen LogP contribution in [0.4, 0.5) is 0 Å². The molecule has 12 heavy (non-hydrogen) atoms. The Labute approximate surface area is 70.6 Å². The molecule has 0 spiro atoms. The summed E-state index contributed by atoms with van der Waals surface area (Å²) in [7, 11) is 0. The van der Waals surface area contributed by atoms with Crippen LogP contribution in [0.15, 0.2) is 16.8 Å². The average molecular weight is 169 g/mol. The van der Waals surface area contributed by atoms with Gasteiger partial charge < -0.3 is 9.84 Å². The molecule has 1 saturated heterocycles. The van der Waals surface area contributed by atoms with Gasteiger partial charge in [-0.15, -0.1) is 0 Å². The number of ether oxygens (including phenoxy) is 1. The van der Waals surface area contributed by atoms with Crippen LogP contribution in [0.2, 0.25) is 0 Å². The zero-order valence-corrected chi connectivity index (χ0v) is 6.86. The molecule has 4 nitrogen and oxygen atoms in total. The highest BCUT2D eigenvalue weighted by Crippen LogP contribution is 2.17. The summed E-state index contributed by atoms with van der Waals surface area (Å²) < 4.78 is 4.72. The molecule has 1 rings (SSSR count). The summed E-state index contributed by atoms with van der Waals surface area (Å²) in [5, 5.41) is 8.72. The van der Waals surface area contributed by atoms with Gasteiger partial charge in [-0.3, -0.25) is 4.99 Å². The SMILES string of the molecule is CC=NC1CCOC(=O)/C1=C/O. The lowest BCUT2D eigenvalue weighted by Crippen LogP contribution is -2.27. The van der Waals surface area contributed by atoms with Crippen LogP contribution >= 0.6 is 0 Å². The van der Waals surface area contributed by atoms with Crippen LogP contribution in [0.3, 0.4) is 0 Å². The van der Waals surface area contributed by atoms with Crippen molar-refractivity contribution in [1.29, 1.82) is 0 Å². The third kappa shape index (κ3) is 1.64. The number of aliphatic hydroxyl groups excluding tert-OH is 1. The summed E-state index contributed by atoms with van der Waals surface area (Å²) in [5.41, 5.74) is 0.236. The van der Waals surface area contributed by atoms with Gasteiger partial charge in [-0.1, -0.05) is 0 Å². The minimum Gasteiger partial charge on any atom is -0.515 e. The van der Waals surface area contributed by atoms with Crippen LogP contribution in [0.5, 0.6) is 0 Å². The predicted molar refractivity (Wildman–Crippen MR) is 44.2 cm³/mol. The Kier molecular flexibility index (Phi) is 2.85. The topological polar surface area (TPSA) is 58.9 Å². The number of hydrogen-bond donors (Lipinski definition) is 1. The van der Waals surface area contributed by atoms with Crippen molar-refractivity contribution in [1.82, 2.24) is 0 Å². The van der Waals surface area contributed by atoms with Crippen LogP contribution in [0.25, 0.3) is 0 Å². The summed E-state index contributed by atoms with van der Waals surface area (Å²) >= 11 is 0. The fraction of sp³-hybridized carbons (Fsp3) is 0.500. The third-order valence-electron chi connectivity index (χ3n) is 1.69. The largest absolute Gasteiger partial charge is 0.515 e. The van der Waals surface area contributed by atoms with Crippen molar-refractivity contribution in [3.63, 3.8) is 0 Å². The molecular weight excluding hydrogens is 158 g/mol. The van der Waals surface area contributed by atoms with Crippen molar-refractivity contribution in [2.45, 2.75) is 19.4 Å². The fourth-order valence-corrected chi connectivity index (χ4v) is 1.11. The van der Waals surface area contributed by atoms with E-state index in [0.717, 1.165) is 6.26 Å². The van der Waals surface area contributed by atoms with Crippen LogP contribution < -0.4 is 0 Å². The number of rotatable bonds is 1. The van der Waals surface area contributed by atoms with E-state index < -0.39 is 5.97 Å². The molecule has 0 aromatic heterocycles. The lowest BCUT2D eigenvalue weighted by molar-refractivity contribution is -0.141. The number of cyclic esters (lactones) is 1. The Bertz CT molecular complexity index is 232. The van der Waals surface area contributed by atoms with Gasteiger partial charge in [0.25, 0.3) is 0 Å². The number of aliphatic imine (C=N–C) groups is 1. The summed E-state index contributed by atoms with van der Waals surface area (Å²) in [6, 6.07) is -0.235. The average Bonchev–Trinajstić information content (AvgIpc) is 2.05. The first-order valence-corrected chi connectivity index (χ1v) is 3.78. The van der Waals surface area contributed by atoms with E-state index in [1.165, 1.54) is 0 Å². The molecule has 1 heterocycles. The van der Waals surface area contributed by atoms with E-state index >= 15 is 0 Å². The number of carbonyl (C=O) groups excluding carboxylic acids is 1. The molecule has 0 aromatic carbocycles. The van der Waals surface area contributed by atoms with Crippen molar-refractivity contribution in [3.8, 4) is 0 Å². The van der Waals surface area contributed by atoms with Crippen LogP contribution in [-0.2, 0) is 9.53 Å². The van der Waals surface area contributed by atoms with E-state index in [1.807, 2.05) is 0 Å². The van der Waals surface area contributed by atoms with Gasteiger partial charge in [0.15, 0.2) is 0 Å². The smallest absolute Gasteiger partial charge is 0.339 e. The van der Waals surface area contributed by atoms with E-state index in [4.69, 9.17) is 9.84 Å². The van der Waals surface area contributed by atoms with Crippen molar-refractivity contribution < 1.29 is 14.6 Å². The van der Waals surface area contributed by atoms with Crippen molar-refractivity contribution in [2.75, 3.05) is 6.61 Å². The normalized spacial score (nSPS) is 27.9. The molecule has 0 aromatic rings. The number of nitrogens with zero attached hydrogens (tertiary/aromatic N) is 1. The molecular formula is C8H11NO3. The molecule has 1 fully saturated rings. The van der Waals surface area contributed by atoms with Crippen molar-refractivity contribution >= 4 is 12.2 Å². The van der Waals surface area contributed by atoms with Crippen LogP contribution in [0.1, 0.15) is 13.3 Å². The van der Waals surface area contributed by atoms with Gasteiger partial charge in [-0.05, 0) is 13.1 Å². The van der Waals surface area contributed by atoms with Crippen LogP contribution in [0, 0.1) is 0 Å². The second-order valence-corrected chi connectivity index (χ2v) is 2.43. The van der Waals surface area contributed by atoms with Crippen molar-refractivity contribution in [3.05, 3.63) is 11.8 Å². The number of carbonyl (C=O) groups is 1. The maximum atomic E-state index is 11.0. The molecule has 1 atom stereocenters. The monoisotopic (exact) mass is 169 g/mol. The van der Waals surface area contributed by atoms with E-state index in [2.05, 4.69) is 4.99 Å². The first kappa shape index (κ1) is 8.77. The Balaban J connectivity index is 2.78. The standard InChI is InChI=1S/C8H11NO3/c1-2-9-7-3-4-12-8(11)6(7)5-10/h2,5,7,10H,3-4H2,1H3/b6-5+,9-2?. The lowest BCUT2D eigenvalue weighted by Gasteiger charge is -2.19. The van der Waals surface area contributed by atoms with E-state index in [0.29, 0.717) is 13.0 Å². The first-order valence-electron chi connectivity index (χ1n) is 3.78. The molecule has 0 bridgehead atoms. The van der Waals surface area contributed by atoms with E-state index in [-0.39, 0.29) is 11.6 Å². The molecule has 4 heteroatoms. The fourth-order valence-electron chi connectivity index (χ4n) is 1.11. The summed E-state index contributed by atoms with van der Waals surface area (Å²) in [6.07, 6.45) is 3.04. The van der Waals surface area contributed by atoms with Gasteiger partial charge >= 0.3 is 5.97 Å². The molecule has 1 unspecified atom stereocenters. The molecule has 1 aliphatic rings. The highest BCUT2D eigenvalue weighted by Gasteiger charge is 2.26. The van der Waals surface area contributed by atoms with Gasteiger partial charge in [0.1, 0.15) is 0 Å². The molecule has 1 aliphatic heterocycles. The predicted octanol–water partition coefficient (Wildman–Crippen LogP) is 0.835. The van der Waals surface area contributed by atoms with Gasteiger partial charge in [-0.25, -0.2) is 4.79 Å². The number of aliphatic hydroxyl groups is 1. The summed E-state index contributed by atoms with van der Waals surface area (Å²) in [5.74, 6) is -0.473. The summed E-state index contributed by atoms with van der Waals surface area (Å²) in [6.45, 7) is 2.15. The quantitative estimate of drug-likeness (QED) is 0.274. The minimum absolute atomic E-state index is 0.235. The van der Waals surface area contributed by atoms with E-state index in [9.17, 15) is 4.79 Å². The Morgan fingerprint density at radius 3 is 3.08 bits per heavy atom. The molecule has 0 aliphatic carbocycles. The summed E-state index contributed by atoms with van der Waals surface area (Å²) in [4.78, 5) is 15.0. The lowest BCUT2D eigenvalue weighted by atomic mass is 10.0. The minimum atomic E-state index is -0.473. The zero-order chi connectivity index (χ0) is 8.97. The Morgan fingerprint density at radius 1 is 1.75 bits per heavy atom. The highest BCUT2D eigenvalue weighted by atomic mass is 16.5. The Hall–Kier alpha value is -1.32. The maximum Gasteiger partial charge on any atom is 0.339 e. The molecule has 66 valence electrons. The number of esters is 1. The van der Waals surface area contributed by atoms with Gasteiger partial charge in [0, 0.05) is 6.42 Å². The third-order valence-corrected chi connectivity index (χ3v) is 1.69. The highest BCUT2D eigenvalue weighted by molar-refractivity contribution is 5.90. The zero-order valence-electron chi connectivity index (χ0n) is 6.86. The van der Waals surface area contributed by atoms with Crippen molar-refractivity contribution in [2.24, 2.45) is 4.99 Å². The van der Waals surface area contributed by atoms with E-state index in [1.54, 1.807) is 13.1 Å². The first-order chi connectivity index (χ1) is 5.79. The Morgan fingerprint density at radius 2 is 2.50 bits per heavy atom. The molecule has 0 amide bonds. The van der Waals surface area contributed by atoms with Crippen LogP contribution in [-0.4, -0.2) is 29.9 Å².